The van der Waals surface area contributed by atoms with Crippen LogP contribution in [0.5, 0.6) is 0 Å². The molecule has 2 aromatic rings. The largest absolute Gasteiger partial charge is 0.378 e. The van der Waals surface area contributed by atoms with Gasteiger partial charge in [0.1, 0.15) is 22.7 Å². The van der Waals surface area contributed by atoms with Crippen LogP contribution in [0.15, 0.2) is 29.3 Å². The van der Waals surface area contributed by atoms with E-state index in [0.29, 0.717) is 31.8 Å². The molecule has 2 aliphatic heterocycles. The average molecular weight is 428 g/mol. The number of rotatable bonds is 5. The molecule has 30 heavy (non-hydrogen) atoms. The minimum atomic E-state index is -0.307. The Hall–Kier alpha value is -2.14. The molecule has 2 aliphatic rings. The Morgan fingerprint density at radius 3 is 2.63 bits per heavy atom. The molecule has 0 spiro atoms. The predicted octanol–water partition coefficient (Wildman–Crippen LogP) is 4.12. The minimum absolute atomic E-state index is 0.227. The lowest BCUT2D eigenvalue weighted by Crippen LogP contribution is -2.39. The third-order valence-corrected chi connectivity index (χ3v) is 6.51. The number of hydrogen-bond acceptors (Lipinski definition) is 6. The van der Waals surface area contributed by atoms with Gasteiger partial charge in [-0.15, -0.1) is 11.8 Å². The number of fused-ring (bicyclic) bond motifs is 1. The van der Waals surface area contributed by atoms with E-state index >= 15 is 0 Å². The molecule has 7 heteroatoms. The van der Waals surface area contributed by atoms with Gasteiger partial charge in [0.05, 0.1) is 31.0 Å². The van der Waals surface area contributed by atoms with Crippen molar-refractivity contribution in [3.8, 4) is 6.07 Å². The monoisotopic (exact) mass is 427 g/mol. The molecule has 0 atom stereocenters. The van der Waals surface area contributed by atoms with Crippen molar-refractivity contribution < 1.29 is 13.9 Å². The first-order chi connectivity index (χ1) is 14.5. The third kappa shape index (κ3) is 4.61. The van der Waals surface area contributed by atoms with Gasteiger partial charge in [0.25, 0.3) is 0 Å². The van der Waals surface area contributed by atoms with Crippen LogP contribution in [-0.2, 0) is 28.9 Å². The maximum atomic E-state index is 13.1. The van der Waals surface area contributed by atoms with Crippen molar-refractivity contribution in [1.82, 2.24) is 4.98 Å². The van der Waals surface area contributed by atoms with Gasteiger partial charge in [0.2, 0.25) is 0 Å². The van der Waals surface area contributed by atoms with E-state index in [-0.39, 0.29) is 11.4 Å². The van der Waals surface area contributed by atoms with Crippen LogP contribution in [0.25, 0.3) is 0 Å². The second-order valence-electron chi connectivity index (χ2n) is 8.23. The van der Waals surface area contributed by atoms with Gasteiger partial charge in [-0.3, -0.25) is 0 Å². The molecule has 3 heterocycles. The first-order valence-electron chi connectivity index (χ1n) is 10.3. The molecule has 0 N–H and O–H groups in total. The van der Waals surface area contributed by atoms with Crippen molar-refractivity contribution in [3.63, 3.8) is 0 Å². The van der Waals surface area contributed by atoms with Crippen LogP contribution in [0, 0.1) is 17.1 Å². The highest BCUT2D eigenvalue weighted by Crippen LogP contribution is 2.38. The van der Waals surface area contributed by atoms with Crippen LogP contribution in [0.1, 0.15) is 36.1 Å². The number of pyridine rings is 1. The Bertz CT molecular complexity index is 950. The van der Waals surface area contributed by atoms with Crippen molar-refractivity contribution >= 4 is 17.6 Å². The molecular weight excluding hydrogens is 401 g/mol. The number of morpholine rings is 1. The number of thioether (sulfide) groups is 1. The van der Waals surface area contributed by atoms with Gasteiger partial charge in [-0.1, -0.05) is 12.1 Å². The van der Waals surface area contributed by atoms with E-state index in [4.69, 9.17) is 14.5 Å². The maximum Gasteiger partial charge on any atom is 0.135 e. The third-order valence-electron chi connectivity index (χ3n) is 5.53. The van der Waals surface area contributed by atoms with Crippen LogP contribution in [0.4, 0.5) is 10.2 Å². The van der Waals surface area contributed by atoms with Crippen LogP contribution in [0.2, 0.25) is 0 Å². The zero-order chi connectivity index (χ0) is 21.1. The summed E-state index contributed by atoms with van der Waals surface area (Å²) in [6.45, 7) is 7.52. The quantitative estimate of drug-likeness (QED) is 0.669. The molecule has 1 aromatic carbocycles. The number of hydrogen-bond donors (Lipinski definition) is 0. The SMILES string of the molecule is CC1(C)Cc2c(C#N)c(SCCc3ccc(F)cc3)nc(N3CCOCC3)c2CO1. The fourth-order valence-corrected chi connectivity index (χ4v) is 4.89. The van der Waals surface area contributed by atoms with Gasteiger partial charge in [-0.05, 0) is 43.5 Å². The van der Waals surface area contributed by atoms with E-state index in [1.807, 2.05) is 0 Å². The number of benzene rings is 1. The first kappa shape index (κ1) is 21.1. The molecule has 0 aliphatic carbocycles. The fraction of sp³-hybridized carbons (Fsp3) is 0.478. The summed E-state index contributed by atoms with van der Waals surface area (Å²) in [5.74, 6) is 1.47. The number of aromatic nitrogens is 1. The molecule has 0 amide bonds. The number of nitrogens with zero attached hydrogens (tertiary/aromatic N) is 3. The van der Waals surface area contributed by atoms with Gasteiger partial charge < -0.3 is 14.4 Å². The molecule has 0 saturated carbocycles. The number of anilines is 1. The number of aryl methyl sites for hydroxylation is 1. The summed E-state index contributed by atoms with van der Waals surface area (Å²) in [6, 6.07) is 8.99. The summed E-state index contributed by atoms with van der Waals surface area (Å²) in [7, 11) is 0. The average Bonchev–Trinajstić information content (AvgIpc) is 2.74. The summed E-state index contributed by atoms with van der Waals surface area (Å²) in [5.41, 5.74) is 3.54. The fourth-order valence-electron chi connectivity index (χ4n) is 3.90. The van der Waals surface area contributed by atoms with Gasteiger partial charge in [-0.25, -0.2) is 9.37 Å². The molecule has 0 radical (unpaired) electrons. The zero-order valence-corrected chi connectivity index (χ0v) is 18.2. The molecular formula is C23H26FN3O2S. The molecule has 1 saturated heterocycles. The second-order valence-corrected chi connectivity index (χ2v) is 9.32. The zero-order valence-electron chi connectivity index (χ0n) is 17.4. The maximum absolute atomic E-state index is 13.1. The first-order valence-corrected chi connectivity index (χ1v) is 11.2. The topological polar surface area (TPSA) is 58.4 Å². The normalized spacial score (nSPS) is 18.0. The lowest BCUT2D eigenvalue weighted by molar-refractivity contribution is -0.0402. The smallest absolute Gasteiger partial charge is 0.135 e. The number of ether oxygens (including phenoxy) is 2. The van der Waals surface area contributed by atoms with E-state index in [2.05, 4.69) is 24.8 Å². The molecule has 158 valence electrons. The van der Waals surface area contributed by atoms with E-state index in [9.17, 15) is 9.65 Å². The van der Waals surface area contributed by atoms with Crippen LogP contribution in [-0.4, -0.2) is 42.6 Å². The van der Waals surface area contributed by atoms with E-state index in [1.165, 1.54) is 12.1 Å². The Balaban J connectivity index is 1.64. The van der Waals surface area contributed by atoms with Crippen LogP contribution in [0.3, 0.4) is 0 Å². The van der Waals surface area contributed by atoms with Crippen molar-refractivity contribution in [1.29, 1.82) is 5.26 Å². The second kappa shape index (κ2) is 8.93. The van der Waals surface area contributed by atoms with E-state index in [0.717, 1.165) is 52.8 Å². The van der Waals surface area contributed by atoms with Gasteiger partial charge in [-0.2, -0.15) is 5.26 Å². The number of halogens is 1. The summed E-state index contributed by atoms with van der Waals surface area (Å²) >= 11 is 1.60. The highest BCUT2D eigenvalue weighted by Gasteiger charge is 2.33. The predicted molar refractivity (Wildman–Crippen MR) is 115 cm³/mol. The standard InChI is InChI=1S/C23H26FN3O2S/c1-23(2)13-18-19(14-25)22(30-12-7-16-3-5-17(24)6-4-16)26-21(20(18)15-29-23)27-8-10-28-11-9-27/h3-6H,7-13,15H2,1-2H3. The molecule has 0 unspecified atom stereocenters. The van der Waals surface area contributed by atoms with Crippen LogP contribution < -0.4 is 4.90 Å². The lowest BCUT2D eigenvalue weighted by Gasteiger charge is -2.36. The van der Waals surface area contributed by atoms with Gasteiger partial charge >= 0.3 is 0 Å². The summed E-state index contributed by atoms with van der Waals surface area (Å²) < 4.78 is 24.7. The van der Waals surface area contributed by atoms with Crippen molar-refractivity contribution in [2.75, 3.05) is 37.0 Å². The summed E-state index contributed by atoms with van der Waals surface area (Å²) in [5, 5.41) is 10.7. The van der Waals surface area contributed by atoms with E-state index in [1.54, 1.807) is 23.9 Å². The summed E-state index contributed by atoms with van der Waals surface area (Å²) in [6.07, 6.45) is 1.48. The highest BCUT2D eigenvalue weighted by molar-refractivity contribution is 7.99. The van der Waals surface area contributed by atoms with Crippen molar-refractivity contribution in [2.45, 2.75) is 43.9 Å². The molecule has 1 fully saturated rings. The lowest BCUT2D eigenvalue weighted by atomic mass is 9.89. The van der Waals surface area contributed by atoms with Crippen LogP contribution >= 0.6 is 11.8 Å². The minimum Gasteiger partial charge on any atom is -0.378 e. The Morgan fingerprint density at radius 1 is 1.20 bits per heavy atom. The molecule has 5 nitrogen and oxygen atoms in total. The number of nitriles is 1. The van der Waals surface area contributed by atoms with Crippen molar-refractivity contribution in [3.05, 3.63) is 52.3 Å². The Labute approximate surface area is 181 Å². The molecule has 0 bridgehead atoms. The van der Waals surface area contributed by atoms with Crippen molar-refractivity contribution in [2.24, 2.45) is 0 Å². The van der Waals surface area contributed by atoms with Gasteiger partial charge in [0, 0.05) is 30.8 Å². The molecule has 4 rings (SSSR count). The Morgan fingerprint density at radius 2 is 1.93 bits per heavy atom. The van der Waals surface area contributed by atoms with E-state index < -0.39 is 0 Å². The highest BCUT2D eigenvalue weighted by atomic mass is 32.2. The van der Waals surface area contributed by atoms with Gasteiger partial charge in [0.15, 0.2) is 0 Å². The molecule has 1 aromatic heterocycles. The Kier molecular flexibility index (Phi) is 6.28. The summed E-state index contributed by atoms with van der Waals surface area (Å²) in [4.78, 5) is 7.19.